The van der Waals surface area contributed by atoms with Gasteiger partial charge >= 0.3 is 0 Å². The van der Waals surface area contributed by atoms with Crippen molar-refractivity contribution in [3.63, 3.8) is 0 Å². The lowest BCUT2D eigenvalue weighted by atomic mass is 9.86. The van der Waals surface area contributed by atoms with Gasteiger partial charge in [-0.3, -0.25) is 9.59 Å². The van der Waals surface area contributed by atoms with Gasteiger partial charge in [0.05, 0.1) is 40.9 Å². The third-order valence-electron chi connectivity index (χ3n) is 8.13. The number of nitrogens with zero attached hydrogens (tertiary/aromatic N) is 2. The molecule has 1 aromatic carbocycles. The number of hydrogen-bond donors (Lipinski definition) is 3. The highest BCUT2D eigenvalue weighted by Crippen LogP contribution is 2.39. The van der Waals surface area contributed by atoms with Crippen LogP contribution in [0.3, 0.4) is 0 Å². The second kappa shape index (κ2) is 11.8. The topological polar surface area (TPSA) is 118 Å². The van der Waals surface area contributed by atoms with E-state index >= 15 is 0 Å². The number of aryl methyl sites for hydroxylation is 1. The van der Waals surface area contributed by atoms with Gasteiger partial charge in [0.25, 0.3) is 0 Å². The van der Waals surface area contributed by atoms with Gasteiger partial charge in [-0.25, -0.2) is 4.98 Å². The largest absolute Gasteiger partial charge is 0.412 e. The van der Waals surface area contributed by atoms with Crippen LogP contribution >= 0.6 is 11.3 Å². The molecule has 0 unspecified atom stereocenters. The molecule has 1 aliphatic rings. The maximum absolute atomic E-state index is 13.7. The molecule has 1 saturated heterocycles. The molecule has 39 heavy (non-hydrogen) atoms. The number of nitrogens with two attached hydrogens (primary N) is 1. The van der Waals surface area contributed by atoms with Crippen LogP contribution in [0.15, 0.2) is 29.8 Å². The summed E-state index contributed by atoms with van der Waals surface area (Å²) in [5.41, 5.74) is 10.5. The lowest BCUT2D eigenvalue weighted by molar-refractivity contribution is -0.141. The van der Waals surface area contributed by atoms with E-state index in [1.165, 1.54) is 0 Å². The molecule has 0 spiro atoms. The Morgan fingerprint density at radius 2 is 1.82 bits per heavy atom. The van der Waals surface area contributed by atoms with Gasteiger partial charge in [0.2, 0.25) is 11.8 Å². The van der Waals surface area contributed by atoms with Gasteiger partial charge in [-0.05, 0) is 41.6 Å². The number of hydrogen-bond acceptors (Lipinski definition) is 7. The lowest BCUT2D eigenvalue weighted by Crippen LogP contribution is -2.55. The lowest BCUT2D eigenvalue weighted by Gasteiger charge is -2.38. The molecule has 1 fully saturated rings. The van der Waals surface area contributed by atoms with Crippen LogP contribution in [0.1, 0.15) is 65.3 Å². The van der Waals surface area contributed by atoms with Crippen LogP contribution in [0.2, 0.25) is 18.1 Å². The molecule has 0 bridgehead atoms. The zero-order valence-corrected chi connectivity index (χ0v) is 26.7. The van der Waals surface area contributed by atoms with Crippen molar-refractivity contribution in [3.05, 3.63) is 41.0 Å². The number of rotatable bonds is 8. The van der Waals surface area contributed by atoms with Gasteiger partial charge in [-0.2, -0.15) is 0 Å². The van der Waals surface area contributed by atoms with Gasteiger partial charge in [0.15, 0.2) is 8.32 Å². The van der Waals surface area contributed by atoms with Crippen LogP contribution in [0.25, 0.3) is 10.4 Å². The molecule has 2 aromatic rings. The summed E-state index contributed by atoms with van der Waals surface area (Å²) in [6.07, 6.45) is 0.134. The van der Waals surface area contributed by atoms with E-state index in [-0.39, 0.29) is 29.6 Å². The number of amides is 2. The number of carbonyl (C=O) groups excluding carboxylic acids is 2. The first kappa shape index (κ1) is 31.4. The summed E-state index contributed by atoms with van der Waals surface area (Å²) in [5, 5.41) is 13.2. The zero-order chi connectivity index (χ0) is 29.3. The predicted octanol–water partition coefficient (Wildman–Crippen LogP) is 4.63. The van der Waals surface area contributed by atoms with Crippen molar-refractivity contribution in [1.82, 2.24) is 15.2 Å². The first-order valence-electron chi connectivity index (χ1n) is 13.6. The molecule has 0 radical (unpaired) electrons. The molecule has 2 amide bonds. The van der Waals surface area contributed by atoms with Crippen LogP contribution in [0.4, 0.5) is 0 Å². The quantitative estimate of drug-likeness (QED) is 0.396. The summed E-state index contributed by atoms with van der Waals surface area (Å²) < 4.78 is 6.63. The highest BCUT2D eigenvalue weighted by Gasteiger charge is 2.47. The summed E-state index contributed by atoms with van der Waals surface area (Å²) in [5.74, 6) is -0.568. The number of nitrogens with one attached hydrogen (secondary N) is 1. The Balaban J connectivity index is 1.82. The number of benzene rings is 1. The third kappa shape index (κ3) is 7.16. The third-order valence-corrected chi connectivity index (χ3v) is 13.6. The highest BCUT2D eigenvalue weighted by atomic mass is 32.1. The molecule has 0 saturated carbocycles. The molecule has 216 valence electrons. The molecule has 10 heteroatoms. The SMILES string of the molecule is Cc1ncsc1-c1ccc([C@H](CO)NC(=O)[C@@H]2C[C@@H](O[Si](C)(C)C(C)(C)C)CN2C(=O)[C@@H](N)C(C)(C)C)cc1. The molecule has 8 nitrogen and oxygen atoms in total. The molecule has 0 aliphatic carbocycles. The first-order valence-corrected chi connectivity index (χ1v) is 17.4. The summed E-state index contributed by atoms with van der Waals surface area (Å²) in [6, 6.07) is 5.67. The fourth-order valence-electron chi connectivity index (χ4n) is 4.47. The minimum Gasteiger partial charge on any atom is -0.412 e. The van der Waals surface area contributed by atoms with Crippen molar-refractivity contribution in [1.29, 1.82) is 0 Å². The Morgan fingerprint density at radius 3 is 2.31 bits per heavy atom. The van der Waals surface area contributed by atoms with Crippen molar-refractivity contribution in [2.24, 2.45) is 11.1 Å². The Bertz CT molecular complexity index is 1150. The minimum absolute atomic E-state index is 0.00411. The highest BCUT2D eigenvalue weighted by molar-refractivity contribution is 7.13. The molecule has 3 rings (SSSR count). The minimum atomic E-state index is -2.13. The molecule has 2 heterocycles. The number of aromatic nitrogens is 1. The second-order valence-electron chi connectivity index (χ2n) is 13.2. The zero-order valence-electron chi connectivity index (χ0n) is 24.9. The normalized spacial score (nSPS) is 20.1. The van der Waals surface area contributed by atoms with Crippen LogP contribution < -0.4 is 11.1 Å². The molecular formula is C29H46N4O4SSi. The summed E-state index contributed by atoms with van der Waals surface area (Å²) in [4.78, 5) is 34.2. The molecule has 4 N–H and O–H groups in total. The Kier molecular flexibility index (Phi) is 9.49. The summed E-state index contributed by atoms with van der Waals surface area (Å²) in [6.45, 7) is 18.6. The molecule has 1 aromatic heterocycles. The van der Waals surface area contributed by atoms with Crippen LogP contribution in [-0.2, 0) is 14.0 Å². The fourth-order valence-corrected chi connectivity index (χ4v) is 6.63. The van der Waals surface area contributed by atoms with E-state index in [9.17, 15) is 14.7 Å². The van der Waals surface area contributed by atoms with Crippen molar-refractivity contribution in [2.45, 2.75) is 97.2 Å². The van der Waals surface area contributed by atoms with Crippen LogP contribution in [0.5, 0.6) is 0 Å². The van der Waals surface area contributed by atoms with E-state index in [0.29, 0.717) is 13.0 Å². The Labute approximate surface area is 238 Å². The number of likely N-dealkylation sites (tertiary alicyclic amines) is 1. The van der Waals surface area contributed by atoms with Crippen molar-refractivity contribution in [3.8, 4) is 10.4 Å². The monoisotopic (exact) mass is 574 g/mol. The van der Waals surface area contributed by atoms with Crippen LogP contribution in [-0.4, -0.2) is 66.5 Å². The smallest absolute Gasteiger partial charge is 0.243 e. The number of carbonyl (C=O) groups is 2. The van der Waals surface area contributed by atoms with E-state index in [0.717, 1.165) is 21.7 Å². The van der Waals surface area contributed by atoms with Gasteiger partial charge in [-0.15, -0.1) is 11.3 Å². The average molecular weight is 575 g/mol. The standard InChI is InChI=1S/C29H46N4O4SSi/c1-18-24(38-17-31-18)20-12-10-19(11-13-20)22(16-34)32-26(35)23-14-21(37-39(8,9)29(5,6)7)15-33(23)27(36)25(30)28(2,3)4/h10-13,17,21-23,25,34H,14-16,30H2,1-9H3,(H,32,35)/t21-,22+,23+,25-/m1/s1. The predicted molar refractivity (Wildman–Crippen MR) is 160 cm³/mol. The first-order chi connectivity index (χ1) is 18.0. The molecule has 1 aliphatic heterocycles. The number of aliphatic hydroxyl groups is 1. The number of thiazole rings is 1. The van der Waals surface area contributed by atoms with E-state index in [1.807, 2.05) is 57.5 Å². The molecular weight excluding hydrogens is 528 g/mol. The molecule has 4 atom stereocenters. The van der Waals surface area contributed by atoms with Gasteiger partial charge in [0, 0.05) is 13.0 Å². The van der Waals surface area contributed by atoms with Crippen LogP contribution in [0, 0.1) is 12.3 Å². The average Bonchev–Trinajstić information content (AvgIpc) is 3.46. The maximum Gasteiger partial charge on any atom is 0.243 e. The van der Waals surface area contributed by atoms with Gasteiger partial charge in [0.1, 0.15) is 6.04 Å². The Morgan fingerprint density at radius 1 is 1.21 bits per heavy atom. The summed E-state index contributed by atoms with van der Waals surface area (Å²) in [7, 11) is -2.13. The maximum atomic E-state index is 13.7. The van der Waals surface area contributed by atoms with E-state index < -0.39 is 31.9 Å². The van der Waals surface area contributed by atoms with Gasteiger partial charge < -0.3 is 25.5 Å². The van der Waals surface area contributed by atoms with E-state index in [4.69, 9.17) is 10.2 Å². The summed E-state index contributed by atoms with van der Waals surface area (Å²) >= 11 is 1.58. The second-order valence-corrected chi connectivity index (χ2v) is 18.8. The van der Waals surface area contributed by atoms with Crippen molar-refractivity contribution in [2.75, 3.05) is 13.2 Å². The van der Waals surface area contributed by atoms with E-state index in [2.05, 4.69) is 44.2 Å². The Hall–Kier alpha value is -2.11. The van der Waals surface area contributed by atoms with E-state index in [1.54, 1.807) is 16.2 Å². The van der Waals surface area contributed by atoms with Gasteiger partial charge in [-0.1, -0.05) is 65.8 Å². The fraction of sp³-hybridized carbons (Fsp3) is 0.621. The van der Waals surface area contributed by atoms with Crippen molar-refractivity contribution < 1.29 is 19.1 Å². The van der Waals surface area contributed by atoms with Crippen molar-refractivity contribution >= 4 is 31.5 Å². The number of aliphatic hydroxyl groups excluding tert-OH is 1.